The average molecular weight is 486 g/mol. The smallest absolute Gasteiger partial charge is 0.277 e. The third-order valence-corrected chi connectivity index (χ3v) is 4.58. The number of hydrogen-bond donors (Lipinski definition) is 1. The molecule has 26 heavy (non-hydrogen) atoms. The maximum absolute atomic E-state index is 11.9. The molecule has 0 heterocycles. The number of benzene rings is 2. The van der Waals surface area contributed by atoms with Gasteiger partial charge in [0, 0.05) is 11.6 Å². The normalized spacial score (nSPS) is 10.7. The fourth-order valence-corrected chi connectivity index (χ4v) is 3.19. The van der Waals surface area contributed by atoms with Gasteiger partial charge in [-0.25, -0.2) is 5.43 Å². The molecule has 0 fully saturated rings. The monoisotopic (exact) mass is 484 g/mol. The molecule has 0 aliphatic heterocycles. The first-order chi connectivity index (χ1) is 12.4. The van der Waals surface area contributed by atoms with Gasteiger partial charge in [0.15, 0.2) is 6.61 Å². The number of rotatable bonds is 7. The van der Waals surface area contributed by atoms with Crippen LogP contribution in [0.2, 0.25) is 0 Å². The first-order valence-electron chi connectivity index (χ1n) is 7.57. The molecule has 0 radical (unpaired) electrons. The lowest BCUT2D eigenvalue weighted by molar-refractivity contribution is -0.123. The molecule has 0 atom stereocenters. The van der Waals surface area contributed by atoms with Crippen molar-refractivity contribution in [2.45, 2.75) is 6.92 Å². The molecule has 6 nitrogen and oxygen atoms in total. The van der Waals surface area contributed by atoms with Crippen molar-refractivity contribution in [2.75, 3.05) is 20.8 Å². The predicted octanol–water partition coefficient (Wildman–Crippen LogP) is 4.07. The van der Waals surface area contributed by atoms with Crippen LogP contribution in [0.5, 0.6) is 17.2 Å². The van der Waals surface area contributed by atoms with Crippen molar-refractivity contribution in [1.29, 1.82) is 0 Å². The van der Waals surface area contributed by atoms with E-state index >= 15 is 0 Å². The predicted molar refractivity (Wildman–Crippen MR) is 107 cm³/mol. The SMILES string of the molecule is COc1cc(OC)c(/C=N/NC(=O)COc2ccc(C)cc2Br)cc1Br. The van der Waals surface area contributed by atoms with Gasteiger partial charge in [-0.1, -0.05) is 6.07 Å². The lowest BCUT2D eigenvalue weighted by Crippen LogP contribution is -2.24. The minimum atomic E-state index is -0.375. The molecule has 0 saturated heterocycles. The van der Waals surface area contributed by atoms with Crippen molar-refractivity contribution in [3.63, 3.8) is 0 Å². The minimum absolute atomic E-state index is 0.150. The highest BCUT2D eigenvalue weighted by molar-refractivity contribution is 9.10. The van der Waals surface area contributed by atoms with E-state index in [0.717, 1.165) is 14.5 Å². The third kappa shape index (κ3) is 5.47. The number of nitrogens with zero attached hydrogens (tertiary/aromatic N) is 1. The van der Waals surface area contributed by atoms with Gasteiger partial charge in [-0.05, 0) is 62.5 Å². The zero-order chi connectivity index (χ0) is 19.1. The molecule has 138 valence electrons. The Balaban J connectivity index is 1.95. The zero-order valence-corrected chi connectivity index (χ0v) is 17.7. The van der Waals surface area contributed by atoms with Crippen LogP contribution in [-0.2, 0) is 4.79 Å². The number of amides is 1. The average Bonchev–Trinajstić information content (AvgIpc) is 2.61. The highest BCUT2D eigenvalue weighted by Crippen LogP contribution is 2.32. The number of carbonyl (C=O) groups excluding carboxylic acids is 1. The second-order valence-corrected chi connectivity index (χ2v) is 6.95. The standard InChI is InChI=1S/C18H18Br2N2O4/c1-11-4-5-15(13(19)6-11)26-10-18(23)22-21-9-12-7-14(20)17(25-3)8-16(12)24-2/h4-9H,10H2,1-3H3,(H,22,23)/b21-9+. The fourth-order valence-electron chi connectivity index (χ4n) is 2.06. The van der Waals surface area contributed by atoms with Crippen LogP contribution >= 0.6 is 31.9 Å². The summed E-state index contributed by atoms with van der Waals surface area (Å²) in [4.78, 5) is 11.9. The van der Waals surface area contributed by atoms with E-state index < -0.39 is 0 Å². The Morgan fingerprint density at radius 1 is 1.08 bits per heavy atom. The fraction of sp³-hybridized carbons (Fsp3) is 0.222. The largest absolute Gasteiger partial charge is 0.496 e. The molecule has 0 aromatic heterocycles. The van der Waals surface area contributed by atoms with Gasteiger partial charge in [0.2, 0.25) is 0 Å². The number of halogens is 2. The zero-order valence-electron chi connectivity index (χ0n) is 14.5. The molecule has 0 spiro atoms. The maximum Gasteiger partial charge on any atom is 0.277 e. The number of nitrogens with one attached hydrogen (secondary N) is 1. The van der Waals surface area contributed by atoms with E-state index in [4.69, 9.17) is 14.2 Å². The summed E-state index contributed by atoms with van der Waals surface area (Å²) in [5, 5.41) is 3.94. The summed E-state index contributed by atoms with van der Waals surface area (Å²) < 4.78 is 17.5. The Kier molecular flexibility index (Phi) is 7.47. The van der Waals surface area contributed by atoms with Crippen LogP contribution in [0.3, 0.4) is 0 Å². The van der Waals surface area contributed by atoms with Crippen LogP contribution in [0.25, 0.3) is 0 Å². The van der Waals surface area contributed by atoms with E-state index in [1.54, 1.807) is 32.4 Å². The molecule has 0 bridgehead atoms. The maximum atomic E-state index is 11.9. The first kappa shape index (κ1) is 20.3. The van der Waals surface area contributed by atoms with Gasteiger partial charge in [0.05, 0.1) is 29.4 Å². The lowest BCUT2D eigenvalue weighted by atomic mass is 10.2. The quantitative estimate of drug-likeness (QED) is 0.474. The summed E-state index contributed by atoms with van der Waals surface area (Å²) in [5.74, 6) is 1.43. The Morgan fingerprint density at radius 3 is 2.42 bits per heavy atom. The van der Waals surface area contributed by atoms with E-state index in [9.17, 15) is 4.79 Å². The van der Waals surface area contributed by atoms with E-state index in [-0.39, 0.29) is 12.5 Å². The Bertz CT molecular complexity index is 825. The molecule has 1 amide bonds. The van der Waals surface area contributed by atoms with Crippen molar-refractivity contribution < 1.29 is 19.0 Å². The topological polar surface area (TPSA) is 69.2 Å². The Hall–Kier alpha value is -2.06. The van der Waals surface area contributed by atoms with Crippen LogP contribution in [0.15, 0.2) is 44.4 Å². The second-order valence-electron chi connectivity index (χ2n) is 5.24. The molecule has 0 saturated carbocycles. The molecule has 0 aliphatic carbocycles. The van der Waals surface area contributed by atoms with Crippen molar-refractivity contribution in [3.8, 4) is 17.2 Å². The van der Waals surface area contributed by atoms with Crippen molar-refractivity contribution in [1.82, 2.24) is 5.43 Å². The number of hydrogen-bond acceptors (Lipinski definition) is 5. The van der Waals surface area contributed by atoms with Crippen molar-refractivity contribution in [2.24, 2.45) is 5.10 Å². The van der Waals surface area contributed by atoms with E-state index in [1.165, 1.54) is 6.21 Å². The third-order valence-electron chi connectivity index (χ3n) is 3.34. The molecule has 2 rings (SSSR count). The van der Waals surface area contributed by atoms with Gasteiger partial charge in [0.1, 0.15) is 17.2 Å². The van der Waals surface area contributed by atoms with E-state index in [2.05, 4.69) is 42.4 Å². The molecular formula is C18H18Br2N2O4. The Labute approximate surface area is 168 Å². The lowest BCUT2D eigenvalue weighted by Gasteiger charge is -2.09. The summed E-state index contributed by atoms with van der Waals surface area (Å²) in [5.41, 5.74) is 4.20. The first-order valence-corrected chi connectivity index (χ1v) is 9.15. The summed E-state index contributed by atoms with van der Waals surface area (Å²) >= 11 is 6.80. The molecule has 2 aromatic rings. The van der Waals surface area contributed by atoms with Gasteiger partial charge in [-0.2, -0.15) is 5.10 Å². The molecule has 1 N–H and O–H groups in total. The second kappa shape index (κ2) is 9.59. The molecule has 0 unspecified atom stereocenters. The van der Waals surface area contributed by atoms with Crippen LogP contribution in [-0.4, -0.2) is 32.9 Å². The van der Waals surface area contributed by atoms with Gasteiger partial charge >= 0.3 is 0 Å². The van der Waals surface area contributed by atoms with Crippen molar-refractivity contribution in [3.05, 3.63) is 50.4 Å². The summed E-state index contributed by atoms with van der Waals surface area (Å²) in [7, 11) is 3.12. The van der Waals surface area contributed by atoms with Gasteiger partial charge < -0.3 is 14.2 Å². The van der Waals surface area contributed by atoms with Crippen LogP contribution in [0.4, 0.5) is 0 Å². The molecular weight excluding hydrogens is 468 g/mol. The van der Waals surface area contributed by atoms with Crippen molar-refractivity contribution >= 4 is 44.0 Å². The Morgan fingerprint density at radius 2 is 1.77 bits per heavy atom. The van der Waals surface area contributed by atoms with E-state index in [1.807, 2.05) is 19.1 Å². The van der Waals surface area contributed by atoms with Gasteiger partial charge in [-0.15, -0.1) is 0 Å². The number of methoxy groups -OCH3 is 2. The van der Waals surface area contributed by atoms with Crippen LogP contribution in [0.1, 0.15) is 11.1 Å². The summed E-state index contributed by atoms with van der Waals surface area (Å²) in [6, 6.07) is 9.14. The summed E-state index contributed by atoms with van der Waals surface area (Å²) in [6.07, 6.45) is 1.49. The minimum Gasteiger partial charge on any atom is -0.496 e. The van der Waals surface area contributed by atoms with E-state index in [0.29, 0.717) is 22.8 Å². The number of aryl methyl sites for hydroxylation is 1. The number of carbonyl (C=O) groups is 1. The molecule has 2 aromatic carbocycles. The summed E-state index contributed by atoms with van der Waals surface area (Å²) in [6.45, 7) is 1.82. The van der Waals surface area contributed by atoms with Gasteiger partial charge in [0.25, 0.3) is 5.91 Å². The van der Waals surface area contributed by atoms with Crippen LogP contribution < -0.4 is 19.6 Å². The van der Waals surface area contributed by atoms with Gasteiger partial charge in [-0.3, -0.25) is 4.79 Å². The highest BCUT2D eigenvalue weighted by Gasteiger charge is 2.09. The highest BCUT2D eigenvalue weighted by atomic mass is 79.9. The number of ether oxygens (including phenoxy) is 3. The van der Waals surface area contributed by atoms with Crippen LogP contribution in [0, 0.1) is 6.92 Å². The number of hydrazone groups is 1. The molecule has 8 heteroatoms. The molecule has 0 aliphatic rings.